The molecule has 0 aromatic heterocycles. The summed E-state index contributed by atoms with van der Waals surface area (Å²) < 4.78 is 63.9. The molecular weight excluding hydrogens is 1010 g/mol. The Labute approximate surface area is 453 Å². The summed E-state index contributed by atoms with van der Waals surface area (Å²) in [5.74, 6) is 1.54. The molecule has 76 heavy (non-hydrogen) atoms. The number of carbonyl (C=O) groups excluding carboxylic acids is 1. The molecule has 0 radical (unpaired) electrons. The fourth-order valence-electron chi connectivity index (χ4n) is 8.51. The molecule has 0 N–H and O–H groups in total. The van der Waals surface area contributed by atoms with Crippen molar-refractivity contribution in [3.63, 3.8) is 0 Å². The van der Waals surface area contributed by atoms with Crippen molar-refractivity contribution in [2.24, 2.45) is 0 Å². The molecule has 0 aliphatic carbocycles. The molecule has 13 nitrogen and oxygen atoms in total. The van der Waals surface area contributed by atoms with Gasteiger partial charge in [0.2, 0.25) is 0 Å². The number of rotatable bonds is 30. The first-order chi connectivity index (χ1) is 36.6. The van der Waals surface area contributed by atoms with Gasteiger partial charge in [0.15, 0.2) is 24.6 Å². The third-order valence-corrected chi connectivity index (χ3v) is 17.8. The van der Waals surface area contributed by atoms with Gasteiger partial charge in [0.25, 0.3) is 0 Å². The van der Waals surface area contributed by atoms with Crippen molar-refractivity contribution < 1.29 is 46.8 Å². The smallest absolute Gasteiger partial charge is 0.368 e. The Morgan fingerprint density at radius 1 is 0.553 bits per heavy atom. The Hall–Kier alpha value is -5.59. The van der Waals surface area contributed by atoms with Crippen LogP contribution >= 0.6 is 7.60 Å². The van der Waals surface area contributed by atoms with E-state index in [2.05, 4.69) is 68.6 Å². The van der Waals surface area contributed by atoms with E-state index >= 15 is 4.79 Å². The van der Waals surface area contributed by atoms with E-state index in [0.29, 0.717) is 50.0 Å². The lowest BCUT2D eigenvalue weighted by Crippen LogP contribution is -2.51. The zero-order chi connectivity index (χ0) is 53.8. The maximum absolute atomic E-state index is 16.0. The Kier molecular flexibility index (Phi) is 21.9. The van der Waals surface area contributed by atoms with Crippen molar-refractivity contribution in [1.82, 2.24) is 14.9 Å². The van der Waals surface area contributed by atoms with Gasteiger partial charge in [0, 0.05) is 49.0 Å². The summed E-state index contributed by atoms with van der Waals surface area (Å²) in [4.78, 5) is 17.9. The van der Waals surface area contributed by atoms with E-state index in [1.807, 2.05) is 149 Å². The van der Waals surface area contributed by atoms with Gasteiger partial charge in [0.1, 0.15) is 12.5 Å². The number of hydrogen-bond acceptors (Lipinski definition) is 11. The zero-order valence-electron chi connectivity index (χ0n) is 45.5. The minimum absolute atomic E-state index is 0.0736. The van der Waals surface area contributed by atoms with E-state index < -0.39 is 35.9 Å². The third kappa shape index (κ3) is 19.2. The lowest BCUT2D eigenvalue weighted by Gasteiger charge is -2.36. The summed E-state index contributed by atoms with van der Waals surface area (Å²) >= 11 is 0. The molecule has 1 aliphatic rings. The second-order valence-electron chi connectivity index (χ2n) is 21.6. The van der Waals surface area contributed by atoms with E-state index in [0.717, 1.165) is 45.5 Å². The molecule has 6 aromatic rings. The number of hydrazine groups is 1. The second-order valence-corrected chi connectivity index (χ2v) is 34.9. The van der Waals surface area contributed by atoms with Crippen molar-refractivity contribution in [3.05, 3.63) is 197 Å². The van der Waals surface area contributed by atoms with Gasteiger partial charge in [-0.2, -0.15) is 0 Å². The molecule has 1 heterocycles. The van der Waals surface area contributed by atoms with Crippen molar-refractivity contribution in [1.29, 1.82) is 0 Å². The molecule has 0 spiro atoms. The molecule has 0 bridgehead atoms. The molecule has 2 atom stereocenters. The fraction of sp³-hybridized carbons (Fsp3) is 0.383. The van der Waals surface area contributed by atoms with Crippen LogP contribution in [-0.2, 0) is 67.1 Å². The standard InChI is InChI=1S/C60H78N3O10PSi2/c1-66-58-39-54(31-32-57(58)69-46-67-33-35-75(2,3)4)42-63-60(64)62(41-53-29-20-30-55(37-53)71-48-74(65,72-44-51-25-16-10-17-26-51)73-45-52-27-18-11-19-28-52)56(38-49-21-12-8-13-22-49)59(70-47-68-34-36-76(5,6)7)43-61(63)40-50-23-14-9-15-24-50/h8-32,37,39,56,59H,33-36,38,40-48H2,1-7H3/t56-,59-/m1/s1. The summed E-state index contributed by atoms with van der Waals surface area (Å²) in [7, 11) is -4.84. The van der Waals surface area contributed by atoms with Crippen LogP contribution in [-0.4, -0.2) is 96.0 Å². The van der Waals surface area contributed by atoms with Crippen LogP contribution in [0.2, 0.25) is 51.4 Å². The number of carbonyl (C=O) groups is 1. The van der Waals surface area contributed by atoms with Gasteiger partial charge < -0.3 is 42.4 Å². The fourth-order valence-corrected chi connectivity index (χ4v) is 11.2. The maximum atomic E-state index is 16.0. The first-order valence-corrected chi connectivity index (χ1v) is 35.4. The van der Waals surface area contributed by atoms with Gasteiger partial charge in [0.05, 0.1) is 39.0 Å². The van der Waals surface area contributed by atoms with E-state index in [4.69, 9.17) is 37.5 Å². The Balaban J connectivity index is 1.21. The van der Waals surface area contributed by atoms with Gasteiger partial charge in [-0.05, 0) is 76.2 Å². The predicted octanol–water partition coefficient (Wildman–Crippen LogP) is 13.5. The third-order valence-electron chi connectivity index (χ3n) is 12.9. The van der Waals surface area contributed by atoms with Gasteiger partial charge in [-0.25, -0.2) is 9.80 Å². The number of amides is 2. The van der Waals surface area contributed by atoms with Gasteiger partial charge >= 0.3 is 13.6 Å². The molecule has 1 saturated heterocycles. The molecular formula is C60H78N3O10PSi2. The summed E-state index contributed by atoms with van der Waals surface area (Å²) in [6.45, 7) is 16.7. The largest absolute Gasteiger partial charge is 0.493 e. The number of nitrogens with zero attached hydrogens (tertiary/aromatic N) is 3. The molecule has 16 heteroatoms. The van der Waals surface area contributed by atoms with Crippen molar-refractivity contribution in [2.75, 3.05) is 46.8 Å². The van der Waals surface area contributed by atoms with Crippen LogP contribution in [0.15, 0.2) is 164 Å². The number of urea groups is 1. The highest BCUT2D eigenvalue weighted by Gasteiger charge is 2.42. The van der Waals surface area contributed by atoms with Gasteiger partial charge in [-0.15, -0.1) is 0 Å². The second kappa shape index (κ2) is 28.7. The van der Waals surface area contributed by atoms with E-state index in [-0.39, 0.29) is 52.3 Å². The van der Waals surface area contributed by atoms with E-state index in [1.54, 1.807) is 7.11 Å². The van der Waals surface area contributed by atoms with Crippen LogP contribution in [0.4, 0.5) is 4.79 Å². The zero-order valence-corrected chi connectivity index (χ0v) is 48.4. The molecule has 0 saturated carbocycles. The molecule has 7 rings (SSSR count). The Morgan fingerprint density at radius 2 is 1.09 bits per heavy atom. The minimum atomic E-state index is -3.81. The normalized spacial score (nSPS) is 15.6. The molecule has 1 aliphatic heterocycles. The Bertz CT molecular complexity index is 2670. The molecule has 1 fully saturated rings. The molecule has 0 unspecified atom stereocenters. The SMILES string of the molecule is COc1cc(CN2C(=O)N(Cc3cccc(OCP(=O)(OCc4ccccc4)OCc4ccccc4)c3)[C@H](Cc3ccccc3)[C@H](OCOCC[Si](C)(C)C)CN2Cc2ccccc2)ccc1OCOCC[Si](C)(C)C. The van der Waals surface area contributed by atoms with Crippen molar-refractivity contribution in [2.45, 2.75) is 103 Å². The number of methoxy groups -OCH3 is 1. The number of benzene rings is 6. The van der Waals surface area contributed by atoms with Crippen molar-refractivity contribution >= 4 is 29.8 Å². The van der Waals surface area contributed by atoms with Crippen LogP contribution in [0.25, 0.3) is 0 Å². The molecule has 406 valence electrons. The number of hydrogen-bond donors (Lipinski definition) is 0. The first-order valence-electron chi connectivity index (χ1n) is 26.3. The van der Waals surface area contributed by atoms with Gasteiger partial charge in [-0.3, -0.25) is 9.57 Å². The van der Waals surface area contributed by atoms with Crippen LogP contribution in [0.3, 0.4) is 0 Å². The first kappa shape index (κ1) is 58.1. The van der Waals surface area contributed by atoms with Crippen LogP contribution in [0, 0.1) is 0 Å². The molecule has 2 amide bonds. The van der Waals surface area contributed by atoms with Crippen LogP contribution in [0.5, 0.6) is 17.2 Å². The average molecular weight is 1090 g/mol. The monoisotopic (exact) mass is 1090 g/mol. The van der Waals surface area contributed by atoms with Crippen LogP contribution in [0.1, 0.15) is 33.4 Å². The highest BCUT2D eigenvalue weighted by Crippen LogP contribution is 2.50. The highest BCUT2D eigenvalue weighted by molar-refractivity contribution is 7.53. The van der Waals surface area contributed by atoms with Crippen molar-refractivity contribution in [3.8, 4) is 17.2 Å². The summed E-state index contributed by atoms with van der Waals surface area (Å²) in [5.41, 5.74) is 5.45. The lowest BCUT2D eigenvalue weighted by atomic mass is 9.98. The number of ether oxygens (including phenoxy) is 6. The minimum Gasteiger partial charge on any atom is -0.493 e. The maximum Gasteiger partial charge on any atom is 0.368 e. The summed E-state index contributed by atoms with van der Waals surface area (Å²) in [6, 6.07) is 54.2. The summed E-state index contributed by atoms with van der Waals surface area (Å²) in [6.07, 6.45) is -0.315. The van der Waals surface area contributed by atoms with Crippen LogP contribution < -0.4 is 14.2 Å². The lowest BCUT2D eigenvalue weighted by molar-refractivity contribution is -0.118. The van der Waals surface area contributed by atoms with E-state index in [9.17, 15) is 4.57 Å². The average Bonchev–Trinajstić information content (AvgIpc) is 3.54. The predicted molar refractivity (Wildman–Crippen MR) is 306 cm³/mol. The highest BCUT2D eigenvalue weighted by atomic mass is 31.2. The topological polar surface area (TPSA) is 118 Å². The van der Waals surface area contributed by atoms with E-state index in [1.165, 1.54) is 0 Å². The quantitative estimate of drug-likeness (QED) is 0.0186. The Morgan fingerprint density at radius 3 is 1.67 bits per heavy atom. The summed E-state index contributed by atoms with van der Waals surface area (Å²) in [5, 5.41) is 3.94. The molecule has 6 aromatic carbocycles. The van der Waals surface area contributed by atoms with Gasteiger partial charge in [-0.1, -0.05) is 179 Å².